The van der Waals surface area contributed by atoms with Crippen molar-refractivity contribution >= 4 is 27.9 Å². The topological polar surface area (TPSA) is 20.3 Å². The van der Waals surface area contributed by atoms with Gasteiger partial charge in [-0.15, -0.1) is 0 Å². The predicted molar refractivity (Wildman–Crippen MR) is 74.7 cm³/mol. The first-order valence-corrected chi connectivity index (χ1v) is 6.90. The van der Waals surface area contributed by atoms with Gasteiger partial charge in [0.05, 0.1) is 5.69 Å². The summed E-state index contributed by atoms with van der Waals surface area (Å²) >= 11 is 3.55. The summed E-state index contributed by atoms with van der Waals surface area (Å²) in [5, 5.41) is 0. The normalized spacial score (nSPS) is 20.0. The molecule has 2 rings (SSSR count). The van der Waals surface area contributed by atoms with Gasteiger partial charge in [-0.3, -0.25) is 4.79 Å². The Morgan fingerprint density at radius 2 is 2.24 bits per heavy atom. The Labute approximate surface area is 111 Å². The predicted octanol–water partition coefficient (Wildman–Crippen LogP) is 3.74. The Bertz CT molecular complexity index is 417. The van der Waals surface area contributed by atoms with Crippen molar-refractivity contribution in [2.45, 2.75) is 20.3 Å². The van der Waals surface area contributed by atoms with E-state index >= 15 is 0 Å². The zero-order chi connectivity index (χ0) is 12.4. The van der Waals surface area contributed by atoms with Crippen LogP contribution in [0.2, 0.25) is 0 Å². The maximum Gasteiger partial charge on any atom is 0.150 e. The summed E-state index contributed by atoms with van der Waals surface area (Å²) < 4.78 is 1.02. The number of benzene rings is 1. The van der Waals surface area contributed by atoms with E-state index in [0.717, 1.165) is 41.2 Å². The molecule has 1 aromatic carbocycles. The quantitative estimate of drug-likeness (QED) is 0.792. The van der Waals surface area contributed by atoms with E-state index in [1.54, 1.807) is 0 Å². The monoisotopic (exact) mass is 295 g/mol. The SMILES string of the molecule is CC(C)C1CCN(c2ccc(C=O)cc2Br)C1. The highest BCUT2D eigenvalue weighted by Gasteiger charge is 2.25. The number of halogens is 1. The maximum atomic E-state index is 10.7. The lowest BCUT2D eigenvalue weighted by Gasteiger charge is -2.21. The maximum absolute atomic E-state index is 10.7. The van der Waals surface area contributed by atoms with E-state index in [1.807, 2.05) is 18.2 Å². The molecule has 1 aromatic rings. The van der Waals surface area contributed by atoms with Gasteiger partial charge in [-0.1, -0.05) is 13.8 Å². The largest absolute Gasteiger partial charge is 0.370 e. The second kappa shape index (κ2) is 5.21. The lowest BCUT2D eigenvalue weighted by molar-refractivity contribution is 0.112. The van der Waals surface area contributed by atoms with Gasteiger partial charge in [0.25, 0.3) is 0 Å². The molecule has 2 nitrogen and oxygen atoms in total. The molecule has 1 aliphatic rings. The molecule has 0 amide bonds. The summed E-state index contributed by atoms with van der Waals surface area (Å²) in [7, 11) is 0. The van der Waals surface area contributed by atoms with Crippen LogP contribution in [0.4, 0.5) is 5.69 Å². The van der Waals surface area contributed by atoms with E-state index in [-0.39, 0.29) is 0 Å². The van der Waals surface area contributed by atoms with Gasteiger partial charge in [0.2, 0.25) is 0 Å². The molecule has 3 heteroatoms. The summed E-state index contributed by atoms with van der Waals surface area (Å²) in [4.78, 5) is 13.1. The van der Waals surface area contributed by atoms with Crippen LogP contribution < -0.4 is 4.90 Å². The van der Waals surface area contributed by atoms with Gasteiger partial charge in [-0.25, -0.2) is 0 Å². The lowest BCUT2D eigenvalue weighted by Crippen LogP contribution is -2.21. The van der Waals surface area contributed by atoms with Crippen molar-refractivity contribution < 1.29 is 4.79 Å². The van der Waals surface area contributed by atoms with E-state index < -0.39 is 0 Å². The third kappa shape index (κ3) is 2.71. The molecule has 92 valence electrons. The third-order valence-corrected chi connectivity index (χ3v) is 4.25. The number of hydrogen-bond donors (Lipinski definition) is 0. The average molecular weight is 296 g/mol. The highest BCUT2D eigenvalue weighted by Crippen LogP contribution is 2.33. The van der Waals surface area contributed by atoms with Gasteiger partial charge in [-0.05, 0) is 52.4 Å². The molecule has 0 aromatic heterocycles. The molecule has 0 bridgehead atoms. The first-order chi connectivity index (χ1) is 8.11. The van der Waals surface area contributed by atoms with Crippen molar-refractivity contribution in [3.05, 3.63) is 28.2 Å². The van der Waals surface area contributed by atoms with Crippen molar-refractivity contribution in [3.63, 3.8) is 0 Å². The molecule has 1 heterocycles. The summed E-state index contributed by atoms with van der Waals surface area (Å²) in [6.45, 7) is 6.82. The Hall–Kier alpha value is -0.830. The molecule has 0 aliphatic carbocycles. The second-order valence-electron chi connectivity index (χ2n) is 5.07. The minimum Gasteiger partial charge on any atom is -0.370 e. The first kappa shape index (κ1) is 12.6. The summed E-state index contributed by atoms with van der Waals surface area (Å²) in [5.41, 5.74) is 1.93. The van der Waals surface area contributed by atoms with E-state index in [4.69, 9.17) is 0 Å². The van der Waals surface area contributed by atoms with Crippen molar-refractivity contribution in [1.82, 2.24) is 0 Å². The average Bonchev–Trinajstić information content (AvgIpc) is 2.78. The summed E-state index contributed by atoms with van der Waals surface area (Å²) in [6, 6.07) is 5.82. The van der Waals surface area contributed by atoms with Crippen molar-refractivity contribution in [3.8, 4) is 0 Å². The van der Waals surface area contributed by atoms with Crippen LogP contribution >= 0.6 is 15.9 Å². The van der Waals surface area contributed by atoms with Gasteiger partial charge < -0.3 is 4.90 Å². The summed E-state index contributed by atoms with van der Waals surface area (Å²) in [5.74, 6) is 1.53. The minimum absolute atomic E-state index is 0.722. The van der Waals surface area contributed by atoms with E-state index in [9.17, 15) is 4.79 Å². The zero-order valence-electron chi connectivity index (χ0n) is 10.3. The van der Waals surface area contributed by atoms with E-state index in [2.05, 4.69) is 34.7 Å². The fourth-order valence-corrected chi connectivity index (χ4v) is 3.05. The molecule has 0 radical (unpaired) electrons. The minimum atomic E-state index is 0.722. The summed E-state index contributed by atoms with van der Waals surface area (Å²) in [6.07, 6.45) is 2.15. The Morgan fingerprint density at radius 3 is 2.76 bits per heavy atom. The van der Waals surface area contributed by atoms with Gasteiger partial charge in [0, 0.05) is 23.1 Å². The molecule has 0 saturated carbocycles. The Morgan fingerprint density at radius 1 is 1.47 bits per heavy atom. The van der Waals surface area contributed by atoms with Crippen LogP contribution in [0.25, 0.3) is 0 Å². The van der Waals surface area contributed by atoms with Crippen LogP contribution in [0, 0.1) is 11.8 Å². The van der Waals surface area contributed by atoms with Crippen LogP contribution in [-0.4, -0.2) is 19.4 Å². The number of rotatable bonds is 3. The molecular weight excluding hydrogens is 278 g/mol. The Balaban J connectivity index is 2.16. The van der Waals surface area contributed by atoms with Gasteiger partial charge in [-0.2, -0.15) is 0 Å². The highest BCUT2D eigenvalue weighted by atomic mass is 79.9. The highest BCUT2D eigenvalue weighted by molar-refractivity contribution is 9.10. The molecule has 17 heavy (non-hydrogen) atoms. The van der Waals surface area contributed by atoms with Crippen molar-refractivity contribution in [2.24, 2.45) is 11.8 Å². The van der Waals surface area contributed by atoms with Crippen LogP contribution in [-0.2, 0) is 0 Å². The number of hydrogen-bond acceptors (Lipinski definition) is 2. The van der Waals surface area contributed by atoms with Crippen LogP contribution in [0.15, 0.2) is 22.7 Å². The third-order valence-electron chi connectivity index (χ3n) is 3.62. The lowest BCUT2D eigenvalue weighted by atomic mass is 9.95. The fraction of sp³-hybridized carbons (Fsp3) is 0.500. The second-order valence-corrected chi connectivity index (χ2v) is 5.92. The standard InChI is InChI=1S/C14H18BrNO/c1-10(2)12-5-6-16(8-12)14-4-3-11(9-17)7-13(14)15/h3-4,7,9-10,12H,5-6,8H2,1-2H3. The molecule has 0 N–H and O–H groups in total. The van der Waals surface area contributed by atoms with Crippen LogP contribution in [0.3, 0.4) is 0 Å². The molecule has 1 aliphatic heterocycles. The van der Waals surface area contributed by atoms with Crippen LogP contribution in [0.5, 0.6) is 0 Å². The number of nitrogens with zero attached hydrogens (tertiary/aromatic N) is 1. The number of anilines is 1. The van der Waals surface area contributed by atoms with Crippen molar-refractivity contribution in [2.75, 3.05) is 18.0 Å². The number of carbonyl (C=O) groups is 1. The van der Waals surface area contributed by atoms with Gasteiger partial charge in [0.15, 0.2) is 0 Å². The molecule has 1 unspecified atom stereocenters. The van der Waals surface area contributed by atoms with Crippen molar-refractivity contribution in [1.29, 1.82) is 0 Å². The van der Waals surface area contributed by atoms with Gasteiger partial charge >= 0.3 is 0 Å². The first-order valence-electron chi connectivity index (χ1n) is 6.11. The Kier molecular flexibility index (Phi) is 3.87. The molecule has 0 spiro atoms. The number of carbonyl (C=O) groups excluding carboxylic acids is 1. The molecule has 1 fully saturated rings. The smallest absolute Gasteiger partial charge is 0.150 e. The van der Waals surface area contributed by atoms with E-state index in [0.29, 0.717) is 0 Å². The van der Waals surface area contributed by atoms with Crippen LogP contribution in [0.1, 0.15) is 30.6 Å². The molecule has 1 atom stereocenters. The zero-order valence-corrected chi connectivity index (χ0v) is 11.9. The molecular formula is C14H18BrNO. The van der Waals surface area contributed by atoms with E-state index in [1.165, 1.54) is 12.1 Å². The van der Waals surface area contributed by atoms with Gasteiger partial charge in [0.1, 0.15) is 6.29 Å². The molecule has 1 saturated heterocycles. The fourth-order valence-electron chi connectivity index (χ4n) is 2.40. The number of aldehydes is 1.